The van der Waals surface area contributed by atoms with Crippen molar-refractivity contribution in [3.63, 3.8) is 0 Å². The molecule has 1 heterocycles. The van der Waals surface area contributed by atoms with Gasteiger partial charge in [-0.15, -0.1) is 0 Å². The fraction of sp³-hybridized carbons (Fsp3) is 0.231. The van der Waals surface area contributed by atoms with Gasteiger partial charge in [0, 0.05) is 17.8 Å². The zero-order valence-corrected chi connectivity index (χ0v) is 10.1. The first-order valence-corrected chi connectivity index (χ1v) is 5.79. The van der Waals surface area contributed by atoms with Gasteiger partial charge in [-0.3, -0.25) is 4.79 Å². The number of nitrogens with zero attached hydrogens (tertiary/aromatic N) is 1. The number of hydrogen-bond donors (Lipinski definition) is 2. The first-order chi connectivity index (χ1) is 8.78. The van der Waals surface area contributed by atoms with Gasteiger partial charge < -0.3 is 15.1 Å². The van der Waals surface area contributed by atoms with E-state index < -0.39 is 0 Å². The van der Waals surface area contributed by atoms with Gasteiger partial charge in [0.1, 0.15) is 5.76 Å². The molecule has 0 spiro atoms. The summed E-state index contributed by atoms with van der Waals surface area (Å²) in [7, 11) is 0. The van der Waals surface area contributed by atoms with Crippen molar-refractivity contribution in [1.29, 1.82) is 0 Å². The predicted molar refractivity (Wildman–Crippen MR) is 69.2 cm³/mol. The summed E-state index contributed by atoms with van der Waals surface area (Å²) in [5.41, 5.74) is 1.70. The maximum atomic E-state index is 11.3. The second-order valence-corrected chi connectivity index (χ2v) is 3.80. The van der Waals surface area contributed by atoms with Crippen LogP contribution in [0.2, 0.25) is 0 Å². The SMILES string of the molecule is CCC(=O)Nc1cccc(NCc2cnco2)c1. The van der Waals surface area contributed by atoms with E-state index in [1.54, 1.807) is 6.20 Å². The average Bonchev–Trinajstić information content (AvgIpc) is 2.90. The standard InChI is InChI=1S/C13H15N3O2/c1-2-13(17)16-11-5-3-4-10(6-11)15-8-12-7-14-9-18-12/h3-7,9,15H,2,8H2,1H3,(H,16,17). The number of nitrogens with one attached hydrogen (secondary N) is 2. The normalized spacial score (nSPS) is 10.1. The molecule has 2 aromatic rings. The molecule has 2 rings (SSSR count). The van der Waals surface area contributed by atoms with Gasteiger partial charge in [-0.2, -0.15) is 0 Å². The molecule has 0 radical (unpaired) electrons. The summed E-state index contributed by atoms with van der Waals surface area (Å²) in [6.45, 7) is 2.38. The number of hydrogen-bond acceptors (Lipinski definition) is 4. The molecule has 0 saturated carbocycles. The molecule has 0 saturated heterocycles. The molecule has 0 bridgehead atoms. The Kier molecular flexibility index (Phi) is 3.96. The van der Waals surface area contributed by atoms with E-state index in [2.05, 4.69) is 15.6 Å². The third-order valence-electron chi connectivity index (χ3n) is 2.42. The highest BCUT2D eigenvalue weighted by Crippen LogP contribution is 2.16. The number of carbonyl (C=O) groups is 1. The minimum absolute atomic E-state index is 0.00221. The maximum absolute atomic E-state index is 11.3. The van der Waals surface area contributed by atoms with Crippen molar-refractivity contribution in [2.45, 2.75) is 19.9 Å². The van der Waals surface area contributed by atoms with Crippen LogP contribution < -0.4 is 10.6 Å². The van der Waals surface area contributed by atoms with Crippen LogP contribution in [-0.4, -0.2) is 10.9 Å². The monoisotopic (exact) mass is 245 g/mol. The molecular weight excluding hydrogens is 230 g/mol. The quantitative estimate of drug-likeness (QED) is 0.849. The first-order valence-electron chi connectivity index (χ1n) is 5.79. The van der Waals surface area contributed by atoms with Crippen LogP contribution in [-0.2, 0) is 11.3 Å². The first kappa shape index (κ1) is 12.2. The van der Waals surface area contributed by atoms with Gasteiger partial charge in [-0.1, -0.05) is 13.0 Å². The van der Waals surface area contributed by atoms with Crippen LogP contribution in [0.4, 0.5) is 11.4 Å². The number of amides is 1. The number of carbonyl (C=O) groups excluding carboxylic acids is 1. The molecule has 0 aliphatic rings. The van der Waals surface area contributed by atoms with Crippen molar-refractivity contribution in [2.24, 2.45) is 0 Å². The lowest BCUT2D eigenvalue weighted by Crippen LogP contribution is -2.09. The van der Waals surface area contributed by atoms with Crippen molar-refractivity contribution < 1.29 is 9.21 Å². The molecule has 0 aliphatic heterocycles. The minimum atomic E-state index is 0.00221. The number of benzene rings is 1. The Hall–Kier alpha value is -2.30. The van der Waals surface area contributed by atoms with Gasteiger partial charge in [-0.25, -0.2) is 4.98 Å². The van der Waals surface area contributed by atoms with Crippen molar-refractivity contribution >= 4 is 17.3 Å². The van der Waals surface area contributed by atoms with Crippen molar-refractivity contribution in [2.75, 3.05) is 10.6 Å². The Balaban J connectivity index is 1.96. The van der Waals surface area contributed by atoms with E-state index in [4.69, 9.17) is 4.42 Å². The minimum Gasteiger partial charge on any atom is -0.447 e. The van der Waals surface area contributed by atoms with Gasteiger partial charge in [-0.05, 0) is 18.2 Å². The van der Waals surface area contributed by atoms with Gasteiger partial charge in [0.25, 0.3) is 0 Å². The third kappa shape index (κ3) is 3.35. The van der Waals surface area contributed by atoms with E-state index in [9.17, 15) is 4.79 Å². The zero-order valence-electron chi connectivity index (χ0n) is 10.1. The van der Waals surface area contributed by atoms with Gasteiger partial charge in [0.15, 0.2) is 6.39 Å². The average molecular weight is 245 g/mol. The molecule has 0 unspecified atom stereocenters. The summed E-state index contributed by atoms with van der Waals surface area (Å²) in [4.78, 5) is 15.1. The summed E-state index contributed by atoms with van der Waals surface area (Å²) >= 11 is 0. The van der Waals surface area contributed by atoms with Gasteiger partial charge in [0.2, 0.25) is 5.91 Å². The summed E-state index contributed by atoms with van der Waals surface area (Å²) in [5, 5.41) is 6.00. The van der Waals surface area contributed by atoms with Crippen LogP contribution in [0.3, 0.4) is 0 Å². The van der Waals surface area contributed by atoms with E-state index in [0.717, 1.165) is 17.1 Å². The molecule has 5 nitrogen and oxygen atoms in total. The van der Waals surface area contributed by atoms with Gasteiger partial charge in [0.05, 0.1) is 12.7 Å². The van der Waals surface area contributed by atoms with Crippen molar-refractivity contribution in [3.8, 4) is 0 Å². The van der Waals surface area contributed by atoms with Crippen LogP contribution in [0.15, 0.2) is 41.3 Å². The largest absolute Gasteiger partial charge is 0.447 e. The van der Waals surface area contributed by atoms with E-state index in [1.807, 2.05) is 31.2 Å². The summed E-state index contributed by atoms with van der Waals surface area (Å²) in [6.07, 6.45) is 3.53. The Morgan fingerprint density at radius 2 is 2.22 bits per heavy atom. The van der Waals surface area contributed by atoms with Crippen molar-refractivity contribution in [1.82, 2.24) is 4.98 Å². The number of rotatable bonds is 5. The topological polar surface area (TPSA) is 67.2 Å². The molecular formula is C13H15N3O2. The molecule has 0 atom stereocenters. The van der Waals surface area contributed by atoms with Crippen LogP contribution in [0.1, 0.15) is 19.1 Å². The van der Waals surface area contributed by atoms with Crippen LogP contribution in [0, 0.1) is 0 Å². The smallest absolute Gasteiger partial charge is 0.224 e. The van der Waals surface area contributed by atoms with Crippen molar-refractivity contribution in [3.05, 3.63) is 42.6 Å². The summed E-state index contributed by atoms with van der Waals surface area (Å²) in [6, 6.07) is 7.54. The zero-order chi connectivity index (χ0) is 12.8. The Bertz CT molecular complexity index is 509. The number of aromatic nitrogens is 1. The van der Waals surface area contributed by atoms with E-state index in [0.29, 0.717) is 13.0 Å². The molecule has 2 N–H and O–H groups in total. The lowest BCUT2D eigenvalue weighted by molar-refractivity contribution is -0.115. The van der Waals surface area contributed by atoms with Crippen LogP contribution in [0.25, 0.3) is 0 Å². The molecule has 18 heavy (non-hydrogen) atoms. The number of anilines is 2. The summed E-state index contributed by atoms with van der Waals surface area (Å²) in [5.74, 6) is 0.764. The maximum Gasteiger partial charge on any atom is 0.224 e. The molecule has 5 heteroatoms. The molecule has 1 amide bonds. The summed E-state index contributed by atoms with van der Waals surface area (Å²) < 4.78 is 5.12. The molecule has 94 valence electrons. The molecule has 0 fully saturated rings. The number of oxazole rings is 1. The molecule has 1 aromatic carbocycles. The van der Waals surface area contributed by atoms with E-state index >= 15 is 0 Å². The van der Waals surface area contributed by atoms with E-state index in [1.165, 1.54) is 6.39 Å². The Labute approximate surface area is 105 Å². The third-order valence-corrected chi connectivity index (χ3v) is 2.42. The molecule has 1 aromatic heterocycles. The Morgan fingerprint density at radius 3 is 2.94 bits per heavy atom. The molecule has 0 aliphatic carbocycles. The fourth-order valence-electron chi connectivity index (χ4n) is 1.47. The highest BCUT2D eigenvalue weighted by molar-refractivity contribution is 5.90. The second-order valence-electron chi connectivity index (χ2n) is 3.80. The lowest BCUT2D eigenvalue weighted by atomic mass is 10.2. The van der Waals surface area contributed by atoms with Gasteiger partial charge >= 0.3 is 0 Å². The highest BCUT2D eigenvalue weighted by atomic mass is 16.3. The fourth-order valence-corrected chi connectivity index (χ4v) is 1.47. The Morgan fingerprint density at radius 1 is 1.39 bits per heavy atom. The lowest BCUT2D eigenvalue weighted by Gasteiger charge is -2.07. The van der Waals surface area contributed by atoms with Crippen LogP contribution in [0.5, 0.6) is 0 Å². The van der Waals surface area contributed by atoms with Crippen LogP contribution >= 0.6 is 0 Å². The van der Waals surface area contributed by atoms with E-state index in [-0.39, 0.29) is 5.91 Å². The highest BCUT2D eigenvalue weighted by Gasteiger charge is 2.01. The predicted octanol–water partition coefficient (Wildman–Crippen LogP) is 2.64. The second kappa shape index (κ2) is 5.86.